The number of carbonyl (C=O) groups is 1. The molecular formula is C15H24N2O. The predicted molar refractivity (Wildman–Crippen MR) is 74.9 cm³/mol. The Bertz CT molecular complexity index is 413. The summed E-state index contributed by atoms with van der Waals surface area (Å²) < 4.78 is 0. The number of carbonyl (C=O) groups excluding carboxylic acids is 1. The van der Waals surface area contributed by atoms with Crippen LogP contribution in [0.2, 0.25) is 0 Å². The minimum Gasteiger partial charge on any atom is -0.341 e. The molecule has 100 valence electrons. The molecule has 0 heterocycles. The van der Waals surface area contributed by atoms with Crippen LogP contribution in [0.3, 0.4) is 0 Å². The summed E-state index contributed by atoms with van der Waals surface area (Å²) in [7, 11) is 1.85. The Kier molecular flexibility index (Phi) is 4.91. The first-order valence-corrected chi connectivity index (χ1v) is 6.44. The lowest BCUT2D eigenvalue weighted by atomic mass is 9.88. The number of rotatable bonds is 5. The zero-order valence-electron chi connectivity index (χ0n) is 11.9. The fourth-order valence-electron chi connectivity index (χ4n) is 1.91. The van der Waals surface area contributed by atoms with Gasteiger partial charge in [0.25, 0.3) is 0 Å². The molecule has 0 saturated heterocycles. The summed E-state index contributed by atoms with van der Waals surface area (Å²) in [5, 5.41) is 0. The molecule has 3 heteroatoms. The number of nitrogens with zero attached hydrogens (tertiary/aromatic N) is 1. The normalized spacial score (nSPS) is 11.4. The van der Waals surface area contributed by atoms with Gasteiger partial charge in [0.1, 0.15) is 0 Å². The molecule has 0 saturated carbocycles. The van der Waals surface area contributed by atoms with Gasteiger partial charge in [-0.15, -0.1) is 0 Å². The summed E-state index contributed by atoms with van der Waals surface area (Å²) in [5.74, 6) is 0.178. The maximum absolute atomic E-state index is 12.3. The van der Waals surface area contributed by atoms with Crippen LogP contribution in [0.25, 0.3) is 0 Å². The molecule has 0 unspecified atom stereocenters. The molecule has 1 rings (SSSR count). The fourth-order valence-corrected chi connectivity index (χ4v) is 1.91. The topological polar surface area (TPSA) is 46.3 Å². The third-order valence-electron chi connectivity index (χ3n) is 3.56. The van der Waals surface area contributed by atoms with E-state index in [1.165, 1.54) is 0 Å². The molecule has 0 aliphatic rings. The molecule has 0 aliphatic heterocycles. The van der Waals surface area contributed by atoms with Crippen molar-refractivity contribution in [2.75, 3.05) is 7.05 Å². The van der Waals surface area contributed by atoms with Gasteiger partial charge < -0.3 is 10.6 Å². The molecule has 18 heavy (non-hydrogen) atoms. The van der Waals surface area contributed by atoms with E-state index in [0.29, 0.717) is 13.1 Å². The highest BCUT2D eigenvalue weighted by atomic mass is 16.2. The predicted octanol–water partition coefficient (Wildman–Crippen LogP) is 2.54. The maximum Gasteiger partial charge on any atom is 0.228 e. The van der Waals surface area contributed by atoms with Crippen molar-refractivity contribution >= 4 is 5.91 Å². The second-order valence-electron chi connectivity index (χ2n) is 5.37. The largest absolute Gasteiger partial charge is 0.341 e. The van der Waals surface area contributed by atoms with Gasteiger partial charge in [0, 0.05) is 25.6 Å². The van der Waals surface area contributed by atoms with E-state index >= 15 is 0 Å². The van der Waals surface area contributed by atoms with Crippen LogP contribution >= 0.6 is 0 Å². The van der Waals surface area contributed by atoms with Gasteiger partial charge in [-0.05, 0) is 17.5 Å². The fraction of sp³-hybridized carbons (Fsp3) is 0.533. The summed E-state index contributed by atoms with van der Waals surface area (Å²) in [6, 6.07) is 8.00. The van der Waals surface area contributed by atoms with E-state index in [2.05, 4.69) is 0 Å². The lowest BCUT2D eigenvalue weighted by Gasteiger charge is -2.28. The lowest BCUT2D eigenvalue weighted by molar-refractivity contribution is -0.139. The van der Waals surface area contributed by atoms with E-state index in [1.54, 1.807) is 4.90 Å². The second-order valence-corrected chi connectivity index (χ2v) is 5.37. The maximum atomic E-state index is 12.3. The van der Waals surface area contributed by atoms with Gasteiger partial charge in [-0.1, -0.05) is 45.0 Å². The van der Waals surface area contributed by atoms with E-state index < -0.39 is 0 Å². The molecule has 0 atom stereocenters. The van der Waals surface area contributed by atoms with E-state index in [4.69, 9.17) is 5.73 Å². The molecule has 3 nitrogen and oxygen atoms in total. The highest BCUT2D eigenvalue weighted by Crippen LogP contribution is 2.23. The van der Waals surface area contributed by atoms with E-state index in [0.717, 1.165) is 17.5 Å². The van der Waals surface area contributed by atoms with Crippen molar-refractivity contribution in [2.24, 2.45) is 11.1 Å². The first kappa shape index (κ1) is 14.7. The minimum atomic E-state index is -0.299. The average Bonchev–Trinajstić information content (AvgIpc) is 2.38. The smallest absolute Gasteiger partial charge is 0.228 e. The van der Waals surface area contributed by atoms with Gasteiger partial charge in [-0.3, -0.25) is 4.79 Å². The summed E-state index contributed by atoms with van der Waals surface area (Å²) >= 11 is 0. The molecule has 0 radical (unpaired) electrons. The minimum absolute atomic E-state index is 0.178. The molecule has 0 aliphatic carbocycles. The van der Waals surface area contributed by atoms with Gasteiger partial charge in [0.15, 0.2) is 0 Å². The van der Waals surface area contributed by atoms with Gasteiger partial charge in [-0.25, -0.2) is 0 Å². The van der Waals surface area contributed by atoms with Gasteiger partial charge >= 0.3 is 0 Å². The third kappa shape index (κ3) is 3.33. The molecule has 1 aromatic rings. The first-order chi connectivity index (χ1) is 8.42. The number of benzene rings is 1. The SMILES string of the molecule is CCC(C)(C)C(=O)N(C)Cc1ccccc1CN. The average molecular weight is 248 g/mol. The number of nitrogens with two attached hydrogens (primary N) is 1. The molecule has 0 bridgehead atoms. The number of hydrogen-bond donors (Lipinski definition) is 1. The molecule has 0 spiro atoms. The van der Waals surface area contributed by atoms with Crippen LogP contribution in [0, 0.1) is 5.41 Å². The Hall–Kier alpha value is -1.35. The van der Waals surface area contributed by atoms with E-state index in [9.17, 15) is 4.79 Å². The van der Waals surface area contributed by atoms with Crippen molar-refractivity contribution in [1.29, 1.82) is 0 Å². The number of hydrogen-bond acceptors (Lipinski definition) is 2. The van der Waals surface area contributed by atoms with Gasteiger partial charge in [0.05, 0.1) is 0 Å². The highest BCUT2D eigenvalue weighted by Gasteiger charge is 2.28. The Morgan fingerprint density at radius 3 is 2.33 bits per heavy atom. The summed E-state index contributed by atoms with van der Waals surface area (Å²) in [4.78, 5) is 14.1. The Balaban J connectivity index is 2.82. The van der Waals surface area contributed by atoms with Crippen LogP contribution in [-0.2, 0) is 17.9 Å². The first-order valence-electron chi connectivity index (χ1n) is 6.44. The summed E-state index contributed by atoms with van der Waals surface area (Å²) in [6.07, 6.45) is 0.842. The molecule has 1 amide bonds. The quantitative estimate of drug-likeness (QED) is 0.870. The Morgan fingerprint density at radius 2 is 1.83 bits per heavy atom. The summed E-state index contributed by atoms with van der Waals surface area (Å²) in [5.41, 5.74) is 7.64. The zero-order valence-corrected chi connectivity index (χ0v) is 11.9. The third-order valence-corrected chi connectivity index (χ3v) is 3.56. The highest BCUT2D eigenvalue weighted by molar-refractivity contribution is 5.81. The van der Waals surface area contributed by atoms with Crippen LogP contribution in [0.15, 0.2) is 24.3 Å². The van der Waals surface area contributed by atoms with Crippen molar-refractivity contribution in [1.82, 2.24) is 4.90 Å². The van der Waals surface area contributed by atoms with Crippen molar-refractivity contribution in [3.05, 3.63) is 35.4 Å². The molecule has 0 aromatic heterocycles. The van der Waals surface area contributed by atoms with Crippen molar-refractivity contribution in [2.45, 2.75) is 40.3 Å². The molecule has 1 aromatic carbocycles. The molecular weight excluding hydrogens is 224 g/mol. The lowest BCUT2D eigenvalue weighted by Crippen LogP contribution is -2.37. The van der Waals surface area contributed by atoms with E-state index in [1.807, 2.05) is 52.1 Å². The van der Waals surface area contributed by atoms with Crippen LogP contribution in [-0.4, -0.2) is 17.9 Å². The standard InChI is InChI=1S/C15H24N2O/c1-5-15(2,3)14(18)17(4)11-13-9-7-6-8-12(13)10-16/h6-9H,5,10-11,16H2,1-4H3. The molecule has 2 N–H and O–H groups in total. The van der Waals surface area contributed by atoms with Crippen LogP contribution in [0.4, 0.5) is 0 Å². The van der Waals surface area contributed by atoms with Crippen molar-refractivity contribution in [3.8, 4) is 0 Å². The summed E-state index contributed by atoms with van der Waals surface area (Å²) in [6.45, 7) is 7.14. The molecule has 0 fully saturated rings. The zero-order chi connectivity index (χ0) is 13.8. The van der Waals surface area contributed by atoms with Crippen molar-refractivity contribution < 1.29 is 4.79 Å². The van der Waals surface area contributed by atoms with Crippen LogP contribution in [0.1, 0.15) is 38.3 Å². The van der Waals surface area contributed by atoms with Gasteiger partial charge in [0.2, 0.25) is 5.91 Å². The number of amides is 1. The Morgan fingerprint density at radius 1 is 1.28 bits per heavy atom. The van der Waals surface area contributed by atoms with E-state index in [-0.39, 0.29) is 11.3 Å². The van der Waals surface area contributed by atoms with Crippen LogP contribution in [0.5, 0.6) is 0 Å². The Labute approximate surface area is 110 Å². The van der Waals surface area contributed by atoms with Crippen molar-refractivity contribution in [3.63, 3.8) is 0 Å². The van der Waals surface area contributed by atoms with Crippen LogP contribution < -0.4 is 5.73 Å². The second kappa shape index (κ2) is 6.01. The monoisotopic (exact) mass is 248 g/mol. The van der Waals surface area contributed by atoms with Gasteiger partial charge in [-0.2, -0.15) is 0 Å².